The van der Waals surface area contributed by atoms with E-state index in [1.807, 2.05) is 0 Å². The van der Waals surface area contributed by atoms with Crippen molar-refractivity contribution in [3.8, 4) is 0 Å². The molecule has 0 aromatic heterocycles. The molecular formula is C15H19ClFNO2. The van der Waals surface area contributed by atoms with E-state index in [0.29, 0.717) is 18.8 Å². The van der Waals surface area contributed by atoms with Crippen LogP contribution in [-0.2, 0) is 0 Å². The summed E-state index contributed by atoms with van der Waals surface area (Å²) < 4.78 is 13.7. The molecule has 2 N–H and O–H groups in total. The zero-order valence-electron chi connectivity index (χ0n) is 11.5. The maximum absolute atomic E-state index is 13.7. The van der Waals surface area contributed by atoms with Gasteiger partial charge >= 0.3 is 0 Å². The third-order valence-corrected chi connectivity index (χ3v) is 4.42. The summed E-state index contributed by atoms with van der Waals surface area (Å²) in [7, 11) is 0. The summed E-state index contributed by atoms with van der Waals surface area (Å²) in [5.74, 6) is -0.618. The molecule has 1 saturated carbocycles. The Labute approximate surface area is 123 Å². The Morgan fingerprint density at radius 3 is 2.70 bits per heavy atom. The van der Waals surface area contributed by atoms with Crippen LogP contribution in [-0.4, -0.2) is 23.2 Å². The monoisotopic (exact) mass is 299 g/mol. The van der Waals surface area contributed by atoms with Crippen molar-refractivity contribution in [1.82, 2.24) is 5.32 Å². The van der Waals surface area contributed by atoms with Crippen molar-refractivity contribution in [3.63, 3.8) is 0 Å². The largest absolute Gasteiger partial charge is 0.394 e. The number of halogens is 2. The number of aliphatic hydroxyl groups is 1. The van der Waals surface area contributed by atoms with E-state index >= 15 is 0 Å². The summed E-state index contributed by atoms with van der Waals surface area (Å²) in [5, 5.41) is 12.5. The number of aliphatic hydroxyl groups excluding tert-OH is 1. The van der Waals surface area contributed by atoms with E-state index in [-0.39, 0.29) is 17.2 Å². The highest BCUT2D eigenvalue weighted by Gasteiger charge is 2.36. The molecule has 0 radical (unpaired) electrons. The third kappa shape index (κ3) is 3.13. The molecule has 0 bridgehead atoms. The molecule has 0 aliphatic heterocycles. The Morgan fingerprint density at radius 1 is 1.50 bits per heavy atom. The fourth-order valence-electron chi connectivity index (χ4n) is 2.66. The van der Waals surface area contributed by atoms with Crippen LogP contribution in [0, 0.1) is 11.7 Å². The summed E-state index contributed by atoms with van der Waals surface area (Å²) in [5.41, 5.74) is -0.810. The summed E-state index contributed by atoms with van der Waals surface area (Å²) in [6, 6.07) is 4.14. The minimum Gasteiger partial charge on any atom is -0.394 e. The van der Waals surface area contributed by atoms with Gasteiger partial charge in [-0.25, -0.2) is 4.39 Å². The Balaban J connectivity index is 2.18. The van der Waals surface area contributed by atoms with Crippen molar-refractivity contribution in [1.29, 1.82) is 0 Å². The molecule has 5 heteroatoms. The lowest BCUT2D eigenvalue weighted by atomic mass is 9.77. The van der Waals surface area contributed by atoms with Gasteiger partial charge in [-0.3, -0.25) is 4.79 Å². The second-order valence-corrected chi connectivity index (χ2v) is 6.08. The van der Waals surface area contributed by atoms with Gasteiger partial charge in [0.05, 0.1) is 22.7 Å². The van der Waals surface area contributed by atoms with Crippen molar-refractivity contribution in [2.75, 3.05) is 6.61 Å². The number of hydrogen-bond acceptors (Lipinski definition) is 2. The van der Waals surface area contributed by atoms with Crippen LogP contribution < -0.4 is 5.32 Å². The van der Waals surface area contributed by atoms with Gasteiger partial charge < -0.3 is 10.4 Å². The van der Waals surface area contributed by atoms with Gasteiger partial charge in [-0.1, -0.05) is 24.6 Å². The second-order valence-electron chi connectivity index (χ2n) is 5.67. The predicted octanol–water partition coefficient (Wildman–Crippen LogP) is 3.15. The van der Waals surface area contributed by atoms with Gasteiger partial charge in [0.15, 0.2) is 0 Å². The van der Waals surface area contributed by atoms with E-state index in [4.69, 9.17) is 11.6 Å². The molecule has 1 aliphatic carbocycles. The highest BCUT2D eigenvalue weighted by Crippen LogP contribution is 2.32. The maximum Gasteiger partial charge on any atom is 0.256 e. The van der Waals surface area contributed by atoms with E-state index in [9.17, 15) is 14.3 Å². The lowest BCUT2D eigenvalue weighted by Gasteiger charge is -2.38. The third-order valence-electron chi connectivity index (χ3n) is 4.10. The zero-order chi connectivity index (χ0) is 14.8. The molecular weight excluding hydrogens is 281 g/mol. The first kappa shape index (κ1) is 15.3. The Kier molecular flexibility index (Phi) is 4.66. The number of carbonyl (C=O) groups is 1. The topological polar surface area (TPSA) is 49.3 Å². The number of hydrogen-bond donors (Lipinski definition) is 2. The van der Waals surface area contributed by atoms with Crippen LogP contribution in [0.2, 0.25) is 5.02 Å². The number of amides is 1. The average molecular weight is 300 g/mol. The fraction of sp³-hybridized carbons (Fsp3) is 0.533. The van der Waals surface area contributed by atoms with Crippen LogP contribution in [0.1, 0.15) is 43.0 Å². The molecule has 20 heavy (non-hydrogen) atoms. The van der Waals surface area contributed by atoms with Gasteiger partial charge in [-0.15, -0.1) is 0 Å². The van der Waals surface area contributed by atoms with Crippen LogP contribution >= 0.6 is 11.6 Å². The average Bonchev–Trinajstić information content (AvgIpc) is 2.41. The smallest absolute Gasteiger partial charge is 0.256 e. The van der Waals surface area contributed by atoms with E-state index in [1.165, 1.54) is 18.2 Å². The summed E-state index contributed by atoms with van der Waals surface area (Å²) in [4.78, 5) is 12.3. The normalized spacial score (nSPS) is 26.3. The second kappa shape index (κ2) is 6.10. The lowest BCUT2D eigenvalue weighted by molar-refractivity contribution is 0.0713. The van der Waals surface area contributed by atoms with Gasteiger partial charge in [0.2, 0.25) is 0 Å². The molecule has 3 nitrogen and oxygen atoms in total. The molecule has 110 valence electrons. The summed E-state index contributed by atoms with van der Waals surface area (Å²) >= 11 is 5.89. The van der Waals surface area contributed by atoms with Crippen LogP contribution in [0.5, 0.6) is 0 Å². The maximum atomic E-state index is 13.7. The van der Waals surface area contributed by atoms with Gasteiger partial charge in [0.25, 0.3) is 5.91 Å². The fourth-order valence-corrected chi connectivity index (χ4v) is 2.90. The van der Waals surface area contributed by atoms with Gasteiger partial charge in [-0.2, -0.15) is 0 Å². The molecule has 0 saturated heterocycles. The van der Waals surface area contributed by atoms with Crippen LogP contribution in [0.4, 0.5) is 4.39 Å². The first-order valence-electron chi connectivity index (χ1n) is 6.85. The quantitative estimate of drug-likeness (QED) is 0.901. The first-order chi connectivity index (χ1) is 9.47. The minimum atomic E-state index is -0.658. The highest BCUT2D eigenvalue weighted by molar-refractivity contribution is 6.33. The van der Waals surface area contributed by atoms with E-state index in [2.05, 4.69) is 12.2 Å². The number of rotatable bonds is 3. The SMILES string of the molecule is CC1CCC(CO)(NC(=O)c2c(F)cccc2Cl)CC1. The molecule has 2 rings (SSSR count). The molecule has 1 aliphatic rings. The van der Waals surface area contributed by atoms with E-state index in [0.717, 1.165) is 12.8 Å². The molecule has 1 aromatic carbocycles. The minimum absolute atomic E-state index is 0.0831. The van der Waals surface area contributed by atoms with E-state index in [1.54, 1.807) is 0 Å². The van der Waals surface area contributed by atoms with Crippen molar-refractivity contribution >= 4 is 17.5 Å². The standard InChI is InChI=1S/C15H19ClFNO2/c1-10-5-7-15(9-19,8-6-10)18-14(20)13-11(16)3-2-4-12(13)17/h2-4,10,19H,5-9H2,1H3,(H,18,20). The highest BCUT2D eigenvalue weighted by atomic mass is 35.5. The Bertz CT molecular complexity index is 478. The lowest BCUT2D eigenvalue weighted by Crippen LogP contribution is -2.53. The number of nitrogens with one attached hydrogen (secondary N) is 1. The van der Waals surface area contributed by atoms with Crippen LogP contribution in [0.25, 0.3) is 0 Å². The molecule has 1 fully saturated rings. The Hall–Kier alpha value is -1.13. The van der Waals surface area contributed by atoms with Crippen molar-refractivity contribution in [2.24, 2.45) is 5.92 Å². The molecule has 0 unspecified atom stereocenters. The molecule has 1 aromatic rings. The summed E-state index contributed by atoms with van der Waals surface area (Å²) in [6.45, 7) is 2.01. The number of carbonyl (C=O) groups excluding carboxylic acids is 1. The predicted molar refractivity (Wildman–Crippen MR) is 76.3 cm³/mol. The van der Waals surface area contributed by atoms with Crippen LogP contribution in [0.3, 0.4) is 0 Å². The Morgan fingerprint density at radius 2 is 2.15 bits per heavy atom. The van der Waals surface area contributed by atoms with E-state index < -0.39 is 17.3 Å². The zero-order valence-corrected chi connectivity index (χ0v) is 12.2. The molecule has 0 heterocycles. The number of benzene rings is 1. The molecule has 1 amide bonds. The summed E-state index contributed by atoms with van der Waals surface area (Å²) in [6.07, 6.45) is 3.27. The van der Waals surface area contributed by atoms with Gasteiger partial charge in [0, 0.05) is 0 Å². The molecule has 0 atom stereocenters. The van der Waals surface area contributed by atoms with Gasteiger partial charge in [-0.05, 0) is 43.7 Å². The van der Waals surface area contributed by atoms with Crippen molar-refractivity contribution in [2.45, 2.75) is 38.1 Å². The van der Waals surface area contributed by atoms with Crippen LogP contribution in [0.15, 0.2) is 18.2 Å². The van der Waals surface area contributed by atoms with Crippen molar-refractivity contribution in [3.05, 3.63) is 34.6 Å². The molecule has 0 spiro atoms. The first-order valence-corrected chi connectivity index (χ1v) is 7.22. The van der Waals surface area contributed by atoms with Crippen molar-refractivity contribution < 1.29 is 14.3 Å². The van der Waals surface area contributed by atoms with Gasteiger partial charge in [0.1, 0.15) is 5.82 Å².